The maximum Gasteiger partial charge on any atom is 0.213 e. The molecule has 1 saturated heterocycles. The highest BCUT2D eigenvalue weighted by Gasteiger charge is 2.22. The highest BCUT2D eigenvalue weighted by Crippen LogP contribution is 2.17. The Morgan fingerprint density at radius 2 is 2.38 bits per heavy atom. The molecular weight excluding hydrogens is 168 g/mol. The molecule has 1 fully saturated rings. The van der Waals surface area contributed by atoms with E-state index in [2.05, 4.69) is 23.9 Å². The van der Waals surface area contributed by atoms with Gasteiger partial charge in [0.15, 0.2) is 0 Å². The Labute approximate surface area is 78.6 Å². The van der Waals surface area contributed by atoms with E-state index in [1.165, 1.54) is 0 Å². The lowest BCUT2D eigenvalue weighted by atomic mass is 10.00. The Hall–Kier alpha value is -0.810. The van der Waals surface area contributed by atoms with Crippen molar-refractivity contribution in [3.8, 4) is 0 Å². The van der Waals surface area contributed by atoms with E-state index in [0.29, 0.717) is 6.04 Å². The molecule has 2 atom stereocenters. The number of guanidine groups is 1. The largest absolute Gasteiger partial charge is 0.368 e. The molecule has 0 aromatic heterocycles. The van der Waals surface area contributed by atoms with E-state index in [1.54, 1.807) is 0 Å². The SMILES string of the molecule is CC1CC(N=C(N)NO)CCN1C. The predicted octanol–water partition coefficient (Wildman–Crippen LogP) is -0.237. The molecule has 1 aliphatic rings. The van der Waals surface area contributed by atoms with Gasteiger partial charge in [0.2, 0.25) is 5.96 Å². The fourth-order valence-corrected chi connectivity index (χ4v) is 1.61. The van der Waals surface area contributed by atoms with E-state index in [4.69, 9.17) is 10.9 Å². The van der Waals surface area contributed by atoms with E-state index in [1.807, 2.05) is 5.48 Å². The molecule has 0 radical (unpaired) electrons. The van der Waals surface area contributed by atoms with Crippen molar-refractivity contribution in [1.29, 1.82) is 0 Å². The number of hydrogen-bond donors (Lipinski definition) is 3. The zero-order valence-electron chi connectivity index (χ0n) is 8.20. The molecule has 5 heteroatoms. The summed E-state index contributed by atoms with van der Waals surface area (Å²) in [6.07, 6.45) is 2.00. The molecule has 0 aliphatic carbocycles. The van der Waals surface area contributed by atoms with Crippen LogP contribution in [0.25, 0.3) is 0 Å². The summed E-state index contributed by atoms with van der Waals surface area (Å²) in [5.74, 6) is 0.113. The average molecular weight is 186 g/mol. The quantitative estimate of drug-likeness (QED) is 0.300. The standard InChI is InChI=1S/C8H18N4O/c1-6-5-7(3-4-12(6)2)10-8(9)11-13/h6-7,13H,3-5H2,1-2H3,(H3,9,10,11). The second kappa shape index (κ2) is 4.43. The third-order valence-corrected chi connectivity index (χ3v) is 2.62. The smallest absolute Gasteiger partial charge is 0.213 e. The lowest BCUT2D eigenvalue weighted by Gasteiger charge is -2.33. The second-order valence-corrected chi connectivity index (χ2v) is 3.63. The first-order valence-corrected chi connectivity index (χ1v) is 4.57. The number of nitrogens with one attached hydrogen (secondary N) is 1. The van der Waals surface area contributed by atoms with E-state index in [9.17, 15) is 0 Å². The molecule has 0 amide bonds. The van der Waals surface area contributed by atoms with Gasteiger partial charge in [0, 0.05) is 12.6 Å². The minimum absolute atomic E-state index is 0.113. The Balaban J connectivity index is 2.46. The van der Waals surface area contributed by atoms with Crippen LogP contribution in [0, 0.1) is 0 Å². The topological polar surface area (TPSA) is 73.9 Å². The van der Waals surface area contributed by atoms with E-state index >= 15 is 0 Å². The molecule has 1 aliphatic heterocycles. The third-order valence-electron chi connectivity index (χ3n) is 2.62. The lowest BCUT2D eigenvalue weighted by Crippen LogP contribution is -2.40. The molecule has 0 aromatic carbocycles. The number of hydroxylamine groups is 1. The van der Waals surface area contributed by atoms with Crippen molar-refractivity contribution in [3.05, 3.63) is 0 Å². The van der Waals surface area contributed by atoms with Crippen molar-refractivity contribution >= 4 is 5.96 Å². The Morgan fingerprint density at radius 3 is 2.92 bits per heavy atom. The van der Waals surface area contributed by atoms with Gasteiger partial charge in [-0.05, 0) is 26.8 Å². The molecule has 0 aromatic rings. The van der Waals surface area contributed by atoms with Gasteiger partial charge in [-0.15, -0.1) is 0 Å². The van der Waals surface area contributed by atoms with Crippen molar-refractivity contribution in [2.75, 3.05) is 13.6 Å². The van der Waals surface area contributed by atoms with Crippen LogP contribution in [0.15, 0.2) is 4.99 Å². The van der Waals surface area contributed by atoms with Gasteiger partial charge in [0.1, 0.15) is 0 Å². The normalized spacial score (nSPS) is 31.8. The van der Waals surface area contributed by atoms with Crippen molar-refractivity contribution in [2.45, 2.75) is 31.8 Å². The molecule has 5 nitrogen and oxygen atoms in total. The fraction of sp³-hybridized carbons (Fsp3) is 0.875. The van der Waals surface area contributed by atoms with Crippen LogP contribution in [0.5, 0.6) is 0 Å². The molecule has 2 unspecified atom stereocenters. The molecule has 1 rings (SSSR count). The number of likely N-dealkylation sites (tertiary alicyclic amines) is 1. The average Bonchev–Trinajstić information content (AvgIpc) is 2.11. The Kier molecular flexibility index (Phi) is 3.50. The fourth-order valence-electron chi connectivity index (χ4n) is 1.61. The molecule has 13 heavy (non-hydrogen) atoms. The predicted molar refractivity (Wildman–Crippen MR) is 51.7 cm³/mol. The third kappa shape index (κ3) is 2.86. The molecule has 0 spiro atoms. The summed E-state index contributed by atoms with van der Waals surface area (Å²) in [4.78, 5) is 6.45. The summed E-state index contributed by atoms with van der Waals surface area (Å²) in [5.41, 5.74) is 7.21. The summed E-state index contributed by atoms with van der Waals surface area (Å²) >= 11 is 0. The van der Waals surface area contributed by atoms with Gasteiger partial charge in [-0.2, -0.15) is 0 Å². The Morgan fingerprint density at radius 1 is 1.69 bits per heavy atom. The van der Waals surface area contributed by atoms with Gasteiger partial charge in [-0.25, -0.2) is 10.5 Å². The van der Waals surface area contributed by atoms with Gasteiger partial charge in [0.05, 0.1) is 6.04 Å². The van der Waals surface area contributed by atoms with Gasteiger partial charge in [-0.1, -0.05) is 0 Å². The van der Waals surface area contributed by atoms with Crippen LogP contribution in [0.4, 0.5) is 0 Å². The first kappa shape index (κ1) is 10.3. The van der Waals surface area contributed by atoms with Crippen molar-refractivity contribution in [1.82, 2.24) is 10.4 Å². The van der Waals surface area contributed by atoms with E-state index < -0.39 is 0 Å². The van der Waals surface area contributed by atoms with Crippen LogP contribution in [-0.2, 0) is 0 Å². The molecule has 4 N–H and O–H groups in total. The van der Waals surface area contributed by atoms with Gasteiger partial charge in [0.25, 0.3) is 0 Å². The molecular formula is C8H18N4O. The first-order valence-electron chi connectivity index (χ1n) is 4.57. The van der Waals surface area contributed by atoms with Crippen molar-refractivity contribution in [2.24, 2.45) is 10.7 Å². The first-order chi connectivity index (χ1) is 6.13. The summed E-state index contributed by atoms with van der Waals surface area (Å²) < 4.78 is 0. The molecule has 76 valence electrons. The zero-order valence-corrected chi connectivity index (χ0v) is 8.20. The number of rotatable bonds is 1. The number of hydrogen-bond acceptors (Lipinski definition) is 3. The zero-order chi connectivity index (χ0) is 9.84. The summed E-state index contributed by atoms with van der Waals surface area (Å²) in [7, 11) is 2.11. The number of nitrogens with two attached hydrogens (primary N) is 1. The van der Waals surface area contributed by atoms with Crippen LogP contribution in [-0.4, -0.2) is 41.7 Å². The summed E-state index contributed by atoms with van der Waals surface area (Å²) in [5, 5.41) is 8.47. The monoisotopic (exact) mass is 186 g/mol. The molecule has 0 bridgehead atoms. The minimum Gasteiger partial charge on any atom is -0.368 e. The van der Waals surface area contributed by atoms with Crippen LogP contribution >= 0.6 is 0 Å². The highest BCUT2D eigenvalue weighted by atomic mass is 16.5. The second-order valence-electron chi connectivity index (χ2n) is 3.63. The van der Waals surface area contributed by atoms with Gasteiger partial charge in [-0.3, -0.25) is 5.21 Å². The van der Waals surface area contributed by atoms with E-state index in [-0.39, 0.29) is 12.0 Å². The maximum absolute atomic E-state index is 8.47. The molecule has 0 saturated carbocycles. The van der Waals surface area contributed by atoms with Crippen LogP contribution in [0.1, 0.15) is 19.8 Å². The Bertz CT molecular complexity index is 195. The van der Waals surface area contributed by atoms with Crippen LogP contribution in [0.2, 0.25) is 0 Å². The molecule has 1 heterocycles. The maximum atomic E-state index is 8.47. The summed E-state index contributed by atoms with van der Waals surface area (Å²) in [6, 6.07) is 0.778. The number of nitrogens with zero attached hydrogens (tertiary/aromatic N) is 2. The minimum atomic E-state index is 0.113. The number of piperidine rings is 1. The van der Waals surface area contributed by atoms with Crippen molar-refractivity contribution in [3.63, 3.8) is 0 Å². The lowest BCUT2D eigenvalue weighted by molar-refractivity contribution is 0.182. The van der Waals surface area contributed by atoms with Gasteiger partial charge < -0.3 is 10.6 Å². The highest BCUT2D eigenvalue weighted by molar-refractivity contribution is 5.76. The van der Waals surface area contributed by atoms with Crippen molar-refractivity contribution < 1.29 is 5.21 Å². The van der Waals surface area contributed by atoms with E-state index in [0.717, 1.165) is 19.4 Å². The van der Waals surface area contributed by atoms with Crippen LogP contribution in [0.3, 0.4) is 0 Å². The number of aliphatic imine (C=N–C) groups is 1. The van der Waals surface area contributed by atoms with Crippen LogP contribution < -0.4 is 11.2 Å². The summed E-state index contributed by atoms with van der Waals surface area (Å²) in [6.45, 7) is 3.21. The van der Waals surface area contributed by atoms with Gasteiger partial charge >= 0.3 is 0 Å².